The summed E-state index contributed by atoms with van der Waals surface area (Å²) in [6, 6.07) is 7.57. The van der Waals surface area contributed by atoms with Gasteiger partial charge in [0.1, 0.15) is 5.75 Å². The summed E-state index contributed by atoms with van der Waals surface area (Å²) in [5.41, 5.74) is 1.15. The summed E-state index contributed by atoms with van der Waals surface area (Å²) in [4.78, 5) is 11.7. The molecule has 4 nitrogen and oxygen atoms in total. The van der Waals surface area contributed by atoms with Crippen LogP contribution in [0.15, 0.2) is 24.3 Å². The fraction of sp³-hybridized carbons (Fsp3) is 0.562. The first-order valence-electron chi connectivity index (χ1n) is 7.29. The largest absolute Gasteiger partial charge is 0.484 e. The van der Waals surface area contributed by atoms with Gasteiger partial charge in [-0.25, -0.2) is 0 Å². The molecule has 1 aromatic rings. The molecule has 0 radical (unpaired) electrons. The lowest BCUT2D eigenvalue weighted by atomic mass is 10.0. The molecule has 1 saturated carbocycles. The molecular weight excluding hydrogens is 254 g/mol. The number of amides is 1. The van der Waals surface area contributed by atoms with Gasteiger partial charge in [-0.3, -0.25) is 4.79 Å². The Balaban J connectivity index is 1.66. The Hall–Kier alpha value is -1.55. The van der Waals surface area contributed by atoms with Gasteiger partial charge in [-0.1, -0.05) is 30.5 Å². The maximum Gasteiger partial charge on any atom is 0.258 e. The van der Waals surface area contributed by atoms with Gasteiger partial charge in [0.25, 0.3) is 5.91 Å². The second-order valence-corrected chi connectivity index (χ2v) is 5.52. The summed E-state index contributed by atoms with van der Waals surface area (Å²) in [7, 11) is 0. The number of ether oxygens (including phenoxy) is 1. The van der Waals surface area contributed by atoms with Crippen molar-refractivity contribution in [3.8, 4) is 5.75 Å². The molecule has 0 aliphatic heterocycles. The molecule has 2 N–H and O–H groups in total. The lowest BCUT2D eigenvalue weighted by Crippen LogP contribution is -2.37. The quantitative estimate of drug-likeness (QED) is 0.836. The Labute approximate surface area is 120 Å². The van der Waals surface area contributed by atoms with E-state index in [1.807, 2.05) is 31.2 Å². The zero-order valence-electron chi connectivity index (χ0n) is 12.0. The van der Waals surface area contributed by atoms with E-state index in [9.17, 15) is 9.90 Å². The predicted molar refractivity (Wildman–Crippen MR) is 77.6 cm³/mol. The highest BCUT2D eigenvalue weighted by molar-refractivity contribution is 5.77. The molecule has 20 heavy (non-hydrogen) atoms. The van der Waals surface area contributed by atoms with Gasteiger partial charge in [-0.15, -0.1) is 0 Å². The monoisotopic (exact) mass is 277 g/mol. The van der Waals surface area contributed by atoms with Crippen molar-refractivity contribution in [3.63, 3.8) is 0 Å². The number of rotatable bonds is 6. The van der Waals surface area contributed by atoms with Crippen LogP contribution in [0.4, 0.5) is 0 Å². The third-order valence-electron chi connectivity index (χ3n) is 3.84. The molecule has 0 aromatic heterocycles. The highest BCUT2D eigenvalue weighted by Gasteiger charge is 2.23. The van der Waals surface area contributed by atoms with E-state index in [4.69, 9.17) is 4.74 Å². The van der Waals surface area contributed by atoms with Crippen LogP contribution in [-0.4, -0.2) is 30.3 Å². The summed E-state index contributed by atoms with van der Waals surface area (Å²) < 4.78 is 5.39. The molecular formula is C16H23NO3. The van der Waals surface area contributed by atoms with Crippen LogP contribution in [0.3, 0.4) is 0 Å². The van der Waals surface area contributed by atoms with Gasteiger partial charge >= 0.3 is 0 Å². The third kappa shape index (κ3) is 4.53. The zero-order chi connectivity index (χ0) is 14.4. The van der Waals surface area contributed by atoms with Crippen molar-refractivity contribution in [2.24, 2.45) is 5.92 Å². The van der Waals surface area contributed by atoms with Gasteiger partial charge in [-0.2, -0.15) is 0 Å². The minimum Gasteiger partial charge on any atom is -0.484 e. The second kappa shape index (κ2) is 7.29. The Morgan fingerprint density at radius 3 is 2.65 bits per heavy atom. The number of aryl methyl sites for hydroxylation is 1. The molecule has 0 saturated heterocycles. The molecule has 0 bridgehead atoms. The number of benzene rings is 1. The number of nitrogens with one attached hydrogen (secondary N) is 1. The number of hydrogen-bond acceptors (Lipinski definition) is 3. The van der Waals surface area contributed by atoms with Gasteiger partial charge in [0.15, 0.2) is 6.61 Å². The summed E-state index contributed by atoms with van der Waals surface area (Å²) in [5.74, 6) is 0.832. The third-order valence-corrected chi connectivity index (χ3v) is 3.84. The normalized spacial score (nSPS) is 16.9. The SMILES string of the molecule is Cc1ccc(OCC(=O)NCC(O)C2CCCC2)cc1. The van der Waals surface area contributed by atoms with Crippen LogP contribution in [-0.2, 0) is 4.79 Å². The van der Waals surface area contributed by atoms with E-state index in [2.05, 4.69) is 5.32 Å². The van der Waals surface area contributed by atoms with E-state index in [0.717, 1.165) is 18.4 Å². The van der Waals surface area contributed by atoms with Crippen molar-refractivity contribution < 1.29 is 14.6 Å². The van der Waals surface area contributed by atoms with E-state index >= 15 is 0 Å². The molecule has 1 unspecified atom stereocenters. The van der Waals surface area contributed by atoms with Gasteiger partial charge in [-0.05, 0) is 37.8 Å². The van der Waals surface area contributed by atoms with Crippen LogP contribution in [0, 0.1) is 12.8 Å². The average molecular weight is 277 g/mol. The first-order chi connectivity index (χ1) is 9.65. The molecule has 110 valence electrons. The molecule has 1 atom stereocenters. The van der Waals surface area contributed by atoms with Gasteiger partial charge in [0, 0.05) is 6.54 Å². The molecule has 4 heteroatoms. The van der Waals surface area contributed by atoms with E-state index in [0.29, 0.717) is 18.2 Å². The number of carbonyl (C=O) groups is 1. The van der Waals surface area contributed by atoms with E-state index < -0.39 is 6.10 Å². The van der Waals surface area contributed by atoms with Crippen molar-refractivity contribution in [1.29, 1.82) is 0 Å². The maximum atomic E-state index is 11.7. The number of carbonyl (C=O) groups excluding carboxylic acids is 1. The fourth-order valence-electron chi connectivity index (χ4n) is 2.56. The molecule has 0 spiro atoms. The summed E-state index contributed by atoms with van der Waals surface area (Å²) in [6.07, 6.45) is 4.08. The standard InChI is InChI=1S/C16H23NO3/c1-12-6-8-14(9-7-12)20-11-16(19)17-10-15(18)13-4-2-3-5-13/h6-9,13,15,18H,2-5,10-11H2,1H3,(H,17,19). The van der Waals surface area contributed by atoms with Gasteiger partial charge in [0.05, 0.1) is 6.10 Å². The highest BCUT2D eigenvalue weighted by atomic mass is 16.5. The zero-order valence-corrected chi connectivity index (χ0v) is 12.0. The summed E-state index contributed by atoms with van der Waals surface area (Å²) in [5, 5.41) is 12.7. The Morgan fingerprint density at radius 1 is 1.35 bits per heavy atom. The lowest BCUT2D eigenvalue weighted by Gasteiger charge is -2.18. The number of aliphatic hydroxyl groups excluding tert-OH is 1. The molecule has 1 fully saturated rings. The topological polar surface area (TPSA) is 58.6 Å². The Bertz CT molecular complexity index is 424. The maximum absolute atomic E-state index is 11.7. The highest BCUT2D eigenvalue weighted by Crippen LogP contribution is 2.27. The second-order valence-electron chi connectivity index (χ2n) is 5.52. The van der Waals surface area contributed by atoms with Crippen LogP contribution in [0.5, 0.6) is 5.75 Å². The Morgan fingerprint density at radius 2 is 2.00 bits per heavy atom. The molecule has 1 aliphatic rings. The molecule has 0 heterocycles. The van der Waals surface area contributed by atoms with E-state index in [1.165, 1.54) is 12.8 Å². The van der Waals surface area contributed by atoms with Gasteiger partial charge in [0.2, 0.25) is 0 Å². The summed E-state index contributed by atoms with van der Waals surface area (Å²) >= 11 is 0. The van der Waals surface area contributed by atoms with Crippen LogP contribution in [0.25, 0.3) is 0 Å². The van der Waals surface area contributed by atoms with Crippen molar-refractivity contribution in [1.82, 2.24) is 5.32 Å². The predicted octanol–water partition coefficient (Wildman–Crippen LogP) is 2.04. The first-order valence-corrected chi connectivity index (χ1v) is 7.29. The summed E-state index contributed by atoms with van der Waals surface area (Å²) in [6.45, 7) is 2.31. The molecule has 2 rings (SSSR count). The van der Waals surface area contributed by atoms with Crippen LogP contribution >= 0.6 is 0 Å². The Kier molecular flexibility index (Phi) is 5.41. The minimum atomic E-state index is -0.430. The van der Waals surface area contributed by atoms with Crippen molar-refractivity contribution in [2.45, 2.75) is 38.7 Å². The molecule has 1 aromatic carbocycles. The smallest absolute Gasteiger partial charge is 0.258 e. The minimum absolute atomic E-state index is 0.0134. The number of aliphatic hydroxyl groups is 1. The van der Waals surface area contributed by atoms with Crippen molar-refractivity contribution in [2.75, 3.05) is 13.2 Å². The van der Waals surface area contributed by atoms with Crippen LogP contribution < -0.4 is 10.1 Å². The first kappa shape index (κ1) is 14.9. The van der Waals surface area contributed by atoms with Crippen molar-refractivity contribution >= 4 is 5.91 Å². The van der Waals surface area contributed by atoms with E-state index in [-0.39, 0.29) is 12.5 Å². The lowest BCUT2D eigenvalue weighted by molar-refractivity contribution is -0.123. The fourth-order valence-corrected chi connectivity index (χ4v) is 2.56. The van der Waals surface area contributed by atoms with Crippen LogP contribution in [0.1, 0.15) is 31.2 Å². The average Bonchev–Trinajstić information content (AvgIpc) is 2.98. The van der Waals surface area contributed by atoms with E-state index in [1.54, 1.807) is 0 Å². The molecule has 1 amide bonds. The van der Waals surface area contributed by atoms with Crippen LogP contribution in [0.2, 0.25) is 0 Å². The number of hydrogen-bond donors (Lipinski definition) is 2. The molecule has 1 aliphatic carbocycles. The van der Waals surface area contributed by atoms with Gasteiger partial charge < -0.3 is 15.2 Å². The van der Waals surface area contributed by atoms with Crippen molar-refractivity contribution in [3.05, 3.63) is 29.8 Å².